The molecular weight excluding hydrogens is 444 g/mol. The van der Waals surface area contributed by atoms with Gasteiger partial charge in [-0.3, -0.25) is 14.9 Å². The maximum Gasteiger partial charge on any atom is 0.411 e. The van der Waals surface area contributed by atoms with Crippen LogP contribution < -0.4 is 10.6 Å². The molecule has 0 spiro atoms. The summed E-state index contributed by atoms with van der Waals surface area (Å²) in [7, 11) is 0. The maximum atomic E-state index is 12.5. The number of anilines is 1. The third-order valence-electron chi connectivity index (χ3n) is 5.95. The Hall–Kier alpha value is -4.13. The molecule has 0 saturated heterocycles. The summed E-state index contributed by atoms with van der Waals surface area (Å²) in [4.78, 5) is 35.9. The fourth-order valence-corrected chi connectivity index (χ4v) is 4.54. The number of carbonyl (C=O) groups excluding carboxylic acids is 2. The highest BCUT2D eigenvalue weighted by molar-refractivity contribution is 5.86. The molecule has 0 heterocycles. The fraction of sp³-hybridized carbons (Fsp3) is 0.250. The Morgan fingerprint density at radius 3 is 2.17 bits per heavy atom. The second kappa shape index (κ2) is 10.0. The number of carbonyl (C=O) groups is 3. The Bertz CT molecular complexity index is 1220. The molecule has 7 nitrogen and oxygen atoms in total. The Kier molecular flexibility index (Phi) is 6.87. The Labute approximate surface area is 204 Å². The lowest BCUT2D eigenvalue weighted by Crippen LogP contribution is -2.45. The number of carboxylic acids is 1. The van der Waals surface area contributed by atoms with Crippen LogP contribution >= 0.6 is 0 Å². The lowest BCUT2D eigenvalue weighted by Gasteiger charge is -2.24. The summed E-state index contributed by atoms with van der Waals surface area (Å²) in [5, 5.41) is 14.4. The van der Waals surface area contributed by atoms with Gasteiger partial charge in [0, 0.05) is 17.1 Å². The van der Waals surface area contributed by atoms with E-state index in [-0.39, 0.29) is 31.3 Å². The largest absolute Gasteiger partial charge is 0.481 e. The van der Waals surface area contributed by atoms with Crippen LogP contribution in [0.5, 0.6) is 0 Å². The monoisotopic (exact) mass is 472 g/mol. The van der Waals surface area contributed by atoms with E-state index >= 15 is 0 Å². The highest BCUT2D eigenvalue weighted by Crippen LogP contribution is 2.44. The summed E-state index contributed by atoms with van der Waals surface area (Å²) in [6.07, 6.45) is -0.693. The van der Waals surface area contributed by atoms with Gasteiger partial charge in [-0.1, -0.05) is 60.7 Å². The molecule has 180 valence electrons. The van der Waals surface area contributed by atoms with Crippen molar-refractivity contribution in [2.45, 2.75) is 38.1 Å². The number of fused-ring (bicyclic) bond motifs is 3. The first-order chi connectivity index (χ1) is 16.7. The van der Waals surface area contributed by atoms with Crippen molar-refractivity contribution in [2.24, 2.45) is 0 Å². The third-order valence-corrected chi connectivity index (χ3v) is 5.95. The van der Waals surface area contributed by atoms with Gasteiger partial charge in [-0.05, 0) is 53.8 Å². The molecule has 1 aliphatic rings. The van der Waals surface area contributed by atoms with Crippen molar-refractivity contribution in [1.29, 1.82) is 0 Å². The quantitative estimate of drug-likeness (QED) is 0.430. The molecule has 0 saturated carbocycles. The van der Waals surface area contributed by atoms with E-state index in [4.69, 9.17) is 9.84 Å². The Morgan fingerprint density at radius 2 is 1.54 bits per heavy atom. The highest BCUT2D eigenvalue weighted by Gasteiger charge is 2.29. The molecule has 0 radical (unpaired) electrons. The van der Waals surface area contributed by atoms with Crippen molar-refractivity contribution in [3.05, 3.63) is 89.5 Å². The molecule has 0 bridgehead atoms. The first-order valence-electron chi connectivity index (χ1n) is 11.5. The number of rotatable bonds is 8. The number of amides is 2. The van der Waals surface area contributed by atoms with E-state index in [1.54, 1.807) is 38.1 Å². The summed E-state index contributed by atoms with van der Waals surface area (Å²) in [5.41, 5.74) is 4.94. The second-order valence-electron chi connectivity index (χ2n) is 9.33. The molecule has 3 aromatic rings. The lowest BCUT2D eigenvalue weighted by atomic mass is 9.98. The summed E-state index contributed by atoms with van der Waals surface area (Å²) in [6, 6.07) is 23.2. The van der Waals surface area contributed by atoms with Gasteiger partial charge < -0.3 is 15.2 Å². The number of hydrogen-bond donors (Lipinski definition) is 3. The summed E-state index contributed by atoms with van der Waals surface area (Å²) < 4.78 is 5.58. The standard InChI is InChI=1S/C28H28N2O5/c1-28(2,16-26(32)33)30-25(31)15-18-8-7-9-19(14-18)29-27(34)35-17-24-22-12-5-3-10-20(22)21-11-4-6-13-23(21)24/h3-14,24H,15-17H2,1-2H3,(H,29,34)(H,30,31)(H,32,33). The van der Waals surface area contributed by atoms with Crippen molar-refractivity contribution >= 4 is 23.7 Å². The van der Waals surface area contributed by atoms with Crippen molar-refractivity contribution in [1.82, 2.24) is 5.32 Å². The summed E-state index contributed by atoms with van der Waals surface area (Å²) in [5.74, 6) is -1.31. The maximum absolute atomic E-state index is 12.5. The topological polar surface area (TPSA) is 105 Å². The van der Waals surface area contributed by atoms with Gasteiger partial charge in [0.05, 0.1) is 12.8 Å². The molecule has 0 unspecified atom stereocenters. The van der Waals surface area contributed by atoms with Gasteiger partial charge in [0.25, 0.3) is 0 Å². The number of carboxylic acid groups (broad SMARTS) is 1. The first kappa shape index (κ1) is 24.0. The minimum Gasteiger partial charge on any atom is -0.481 e. The van der Waals surface area contributed by atoms with E-state index in [1.807, 2.05) is 24.3 Å². The van der Waals surface area contributed by atoms with E-state index < -0.39 is 17.6 Å². The Balaban J connectivity index is 1.35. The van der Waals surface area contributed by atoms with Gasteiger partial charge in [-0.2, -0.15) is 0 Å². The van der Waals surface area contributed by atoms with E-state index in [1.165, 1.54) is 0 Å². The molecule has 0 aromatic heterocycles. The summed E-state index contributed by atoms with van der Waals surface area (Å²) >= 11 is 0. The van der Waals surface area contributed by atoms with Crippen LogP contribution in [0, 0.1) is 0 Å². The predicted molar refractivity (Wildman–Crippen MR) is 133 cm³/mol. The average Bonchev–Trinajstić information content (AvgIpc) is 3.10. The molecule has 3 N–H and O–H groups in total. The van der Waals surface area contributed by atoms with Crippen LogP contribution in [-0.4, -0.2) is 35.2 Å². The number of aliphatic carboxylic acids is 1. The molecular formula is C28H28N2O5. The molecule has 3 aromatic carbocycles. The number of benzene rings is 3. The third kappa shape index (κ3) is 5.87. The molecule has 2 amide bonds. The molecule has 0 atom stereocenters. The number of ether oxygens (including phenoxy) is 1. The molecule has 35 heavy (non-hydrogen) atoms. The van der Waals surface area contributed by atoms with E-state index in [9.17, 15) is 14.4 Å². The van der Waals surface area contributed by atoms with Gasteiger partial charge >= 0.3 is 12.1 Å². The van der Waals surface area contributed by atoms with Crippen molar-refractivity contribution in [3.8, 4) is 11.1 Å². The minimum absolute atomic E-state index is 0.0302. The zero-order valence-electron chi connectivity index (χ0n) is 19.7. The van der Waals surface area contributed by atoms with Crippen LogP contribution in [0.15, 0.2) is 72.8 Å². The Morgan fingerprint density at radius 1 is 0.914 bits per heavy atom. The first-order valence-corrected chi connectivity index (χ1v) is 11.5. The smallest absolute Gasteiger partial charge is 0.411 e. The van der Waals surface area contributed by atoms with E-state index in [0.29, 0.717) is 11.3 Å². The predicted octanol–water partition coefficient (Wildman–Crippen LogP) is 4.96. The van der Waals surface area contributed by atoms with Crippen LogP contribution in [0.1, 0.15) is 42.9 Å². The van der Waals surface area contributed by atoms with Gasteiger partial charge in [-0.25, -0.2) is 4.79 Å². The SMILES string of the molecule is CC(C)(CC(=O)O)NC(=O)Cc1cccc(NC(=O)OCC2c3ccccc3-c3ccccc32)c1. The van der Waals surface area contributed by atoms with Gasteiger partial charge in [0.2, 0.25) is 5.91 Å². The summed E-state index contributed by atoms with van der Waals surface area (Å²) in [6.45, 7) is 3.53. The van der Waals surface area contributed by atoms with Gasteiger partial charge in [0.15, 0.2) is 0 Å². The van der Waals surface area contributed by atoms with E-state index in [0.717, 1.165) is 22.3 Å². The van der Waals surface area contributed by atoms with E-state index in [2.05, 4.69) is 34.9 Å². The normalized spacial score (nSPS) is 12.4. The van der Waals surface area contributed by atoms with Crippen LogP contribution in [0.25, 0.3) is 11.1 Å². The lowest BCUT2D eigenvalue weighted by molar-refractivity contribution is -0.138. The highest BCUT2D eigenvalue weighted by atomic mass is 16.5. The van der Waals surface area contributed by atoms with Crippen LogP contribution in [0.4, 0.5) is 10.5 Å². The van der Waals surface area contributed by atoms with Crippen LogP contribution in [0.2, 0.25) is 0 Å². The molecule has 7 heteroatoms. The zero-order chi connectivity index (χ0) is 25.0. The van der Waals surface area contributed by atoms with Crippen LogP contribution in [0.3, 0.4) is 0 Å². The average molecular weight is 473 g/mol. The molecule has 1 aliphatic carbocycles. The molecule has 0 aliphatic heterocycles. The molecule has 0 fully saturated rings. The fourth-order valence-electron chi connectivity index (χ4n) is 4.54. The second-order valence-corrected chi connectivity index (χ2v) is 9.33. The van der Waals surface area contributed by atoms with Crippen LogP contribution in [-0.2, 0) is 20.7 Å². The zero-order valence-corrected chi connectivity index (χ0v) is 19.7. The van der Waals surface area contributed by atoms with Gasteiger partial charge in [0.1, 0.15) is 6.61 Å². The van der Waals surface area contributed by atoms with Crippen molar-refractivity contribution in [3.63, 3.8) is 0 Å². The van der Waals surface area contributed by atoms with Crippen molar-refractivity contribution < 1.29 is 24.2 Å². The number of nitrogens with one attached hydrogen (secondary N) is 2. The number of hydrogen-bond acceptors (Lipinski definition) is 4. The minimum atomic E-state index is -0.982. The molecule has 4 rings (SSSR count). The van der Waals surface area contributed by atoms with Crippen molar-refractivity contribution in [2.75, 3.05) is 11.9 Å². The van der Waals surface area contributed by atoms with Gasteiger partial charge in [-0.15, -0.1) is 0 Å².